The third-order valence-corrected chi connectivity index (χ3v) is 5.79. The van der Waals surface area contributed by atoms with Gasteiger partial charge in [-0.3, -0.25) is 14.0 Å². The van der Waals surface area contributed by atoms with Gasteiger partial charge in [-0.1, -0.05) is 18.2 Å². The zero-order valence-electron chi connectivity index (χ0n) is 22.8. The predicted octanol–water partition coefficient (Wildman–Crippen LogP) is 3.26. The van der Waals surface area contributed by atoms with Crippen molar-refractivity contribution in [1.29, 1.82) is 0 Å². The van der Waals surface area contributed by atoms with Crippen LogP contribution in [-0.2, 0) is 11.3 Å². The molecule has 2 aromatic heterocycles. The summed E-state index contributed by atoms with van der Waals surface area (Å²) in [5, 5.41) is 9.32. The first kappa shape index (κ1) is 27.9. The van der Waals surface area contributed by atoms with E-state index < -0.39 is 5.91 Å². The van der Waals surface area contributed by atoms with E-state index in [-0.39, 0.29) is 17.3 Å². The van der Waals surface area contributed by atoms with Crippen LogP contribution < -0.4 is 31.2 Å². The fourth-order valence-electron chi connectivity index (χ4n) is 3.93. The fraction of sp³-hybridized carbons (Fsp3) is 0.214. The van der Waals surface area contributed by atoms with E-state index in [1.807, 2.05) is 43.3 Å². The largest absolute Gasteiger partial charge is 0.497 e. The van der Waals surface area contributed by atoms with Gasteiger partial charge in [0.05, 0.1) is 14.2 Å². The Morgan fingerprint density at radius 3 is 2.50 bits per heavy atom. The van der Waals surface area contributed by atoms with Crippen LogP contribution in [0.5, 0.6) is 11.5 Å². The van der Waals surface area contributed by atoms with Crippen molar-refractivity contribution in [3.05, 3.63) is 78.1 Å². The van der Waals surface area contributed by atoms with Gasteiger partial charge in [-0.2, -0.15) is 4.98 Å². The summed E-state index contributed by atoms with van der Waals surface area (Å²) >= 11 is 0. The van der Waals surface area contributed by atoms with Gasteiger partial charge in [-0.15, -0.1) is 0 Å². The number of amides is 2. The number of anilines is 4. The summed E-state index contributed by atoms with van der Waals surface area (Å²) in [4.78, 5) is 35.7. The van der Waals surface area contributed by atoms with Crippen molar-refractivity contribution in [3.63, 3.8) is 0 Å². The predicted molar refractivity (Wildman–Crippen MR) is 154 cm³/mol. The topological polar surface area (TPSA) is 148 Å². The number of primary amides is 1. The van der Waals surface area contributed by atoms with E-state index in [4.69, 9.17) is 15.2 Å². The first-order chi connectivity index (χ1) is 19.3. The lowest BCUT2D eigenvalue weighted by atomic mass is 10.2. The van der Waals surface area contributed by atoms with Gasteiger partial charge >= 0.3 is 0 Å². The number of carbonyl (C=O) groups is 2. The maximum atomic E-state index is 12.5. The van der Waals surface area contributed by atoms with Crippen molar-refractivity contribution in [2.45, 2.75) is 6.54 Å². The number of nitrogens with zero attached hydrogens (tertiary/aromatic N) is 4. The van der Waals surface area contributed by atoms with Gasteiger partial charge in [0.2, 0.25) is 11.9 Å². The van der Waals surface area contributed by atoms with Crippen molar-refractivity contribution in [3.8, 4) is 11.5 Å². The number of nitrogens with one attached hydrogen (secondary N) is 3. The zero-order chi connectivity index (χ0) is 28.6. The Hall–Kier alpha value is -5.10. The number of imidazole rings is 1. The van der Waals surface area contributed by atoms with Crippen molar-refractivity contribution < 1.29 is 19.1 Å². The van der Waals surface area contributed by atoms with E-state index in [0.717, 1.165) is 5.56 Å². The van der Waals surface area contributed by atoms with Crippen molar-refractivity contribution >= 4 is 40.6 Å². The van der Waals surface area contributed by atoms with Crippen LogP contribution in [0.4, 0.5) is 23.1 Å². The molecular formula is C28H32N8O4. The molecule has 40 heavy (non-hydrogen) atoms. The fourth-order valence-corrected chi connectivity index (χ4v) is 3.93. The number of hydrogen-bond acceptors (Lipinski definition) is 9. The Morgan fingerprint density at radius 2 is 1.82 bits per heavy atom. The molecule has 0 aliphatic heterocycles. The molecule has 2 aromatic carbocycles. The molecule has 0 atom stereocenters. The molecule has 208 valence electrons. The van der Waals surface area contributed by atoms with Crippen LogP contribution in [0.2, 0.25) is 0 Å². The molecule has 2 heterocycles. The first-order valence-corrected chi connectivity index (χ1v) is 12.4. The number of ether oxygens (including phenoxy) is 2. The lowest BCUT2D eigenvalue weighted by Crippen LogP contribution is -2.18. The average Bonchev–Trinajstić information content (AvgIpc) is 3.41. The molecule has 0 bridgehead atoms. The number of fused-ring (bicyclic) bond motifs is 1. The monoisotopic (exact) mass is 544 g/mol. The number of rotatable bonds is 12. The third-order valence-electron chi connectivity index (χ3n) is 5.79. The summed E-state index contributed by atoms with van der Waals surface area (Å²) in [5.74, 6) is 0.868. The highest BCUT2D eigenvalue weighted by Crippen LogP contribution is 2.30. The molecule has 2 amide bonds. The quantitative estimate of drug-likeness (QED) is 0.197. The first-order valence-electron chi connectivity index (χ1n) is 12.4. The molecule has 4 aromatic rings. The molecule has 0 radical (unpaired) electrons. The highest BCUT2D eigenvalue weighted by Gasteiger charge is 2.20. The Bertz CT molecular complexity index is 1520. The number of nitrogens with two attached hydrogens (primary N) is 1. The number of benzene rings is 2. The SMILES string of the molecule is COc1cc(Nc2nc(NCc3cccc(NC(=O)/C=C/CN(C)C)c3)n3ccnc3c2C(N)=O)cc(OC)c1. The average molecular weight is 545 g/mol. The summed E-state index contributed by atoms with van der Waals surface area (Å²) in [7, 11) is 6.96. The minimum absolute atomic E-state index is 0.129. The van der Waals surface area contributed by atoms with Crippen molar-refractivity contribution in [2.24, 2.45) is 5.73 Å². The number of methoxy groups -OCH3 is 2. The van der Waals surface area contributed by atoms with E-state index in [1.165, 1.54) is 6.08 Å². The standard InChI is InChI=1S/C28H32N8O4/c1-35(2)11-6-9-23(37)32-19-8-5-7-18(13-19)17-31-28-34-26(24(25(29)38)27-30-10-12-36(27)28)33-20-14-21(39-3)16-22(15-20)40-4/h5-10,12-16,33H,11,17H2,1-4H3,(H2,29,38)(H,31,34)(H,32,37)/b9-6+. The smallest absolute Gasteiger partial charge is 0.256 e. The second-order valence-corrected chi connectivity index (χ2v) is 9.08. The molecule has 12 heteroatoms. The van der Waals surface area contributed by atoms with Crippen molar-refractivity contribution in [2.75, 3.05) is 50.8 Å². The van der Waals surface area contributed by atoms with Gasteiger partial charge in [0.25, 0.3) is 5.91 Å². The molecular weight excluding hydrogens is 512 g/mol. The van der Waals surface area contributed by atoms with E-state index in [9.17, 15) is 9.59 Å². The molecule has 0 spiro atoms. The second-order valence-electron chi connectivity index (χ2n) is 9.08. The van der Waals surface area contributed by atoms with Gasteiger partial charge in [-0.05, 0) is 31.8 Å². The number of hydrogen-bond donors (Lipinski definition) is 4. The molecule has 0 fully saturated rings. The summed E-state index contributed by atoms with van der Waals surface area (Å²) in [5.41, 5.74) is 8.35. The maximum Gasteiger partial charge on any atom is 0.256 e. The van der Waals surface area contributed by atoms with Gasteiger partial charge in [0, 0.05) is 61.1 Å². The highest BCUT2D eigenvalue weighted by molar-refractivity contribution is 6.04. The summed E-state index contributed by atoms with van der Waals surface area (Å²) in [6, 6.07) is 12.7. The third kappa shape index (κ3) is 6.85. The number of likely N-dealkylation sites (N-methyl/N-ethyl adjacent to an activating group) is 1. The van der Waals surface area contributed by atoms with Crippen LogP contribution in [-0.4, -0.2) is 65.9 Å². The zero-order valence-corrected chi connectivity index (χ0v) is 22.8. The van der Waals surface area contributed by atoms with Crippen LogP contribution in [0, 0.1) is 0 Å². The van der Waals surface area contributed by atoms with Gasteiger partial charge in [0.15, 0.2) is 11.5 Å². The molecule has 0 aliphatic rings. The van der Waals surface area contributed by atoms with Crippen LogP contribution >= 0.6 is 0 Å². The molecule has 0 aliphatic carbocycles. The number of carbonyl (C=O) groups excluding carboxylic acids is 2. The molecule has 0 unspecified atom stereocenters. The van der Waals surface area contributed by atoms with Crippen LogP contribution in [0.15, 0.2) is 67.0 Å². The summed E-state index contributed by atoms with van der Waals surface area (Å²) in [6.45, 7) is 1.05. The molecule has 4 rings (SSSR count). The normalized spacial score (nSPS) is 11.1. The van der Waals surface area contributed by atoms with Crippen molar-refractivity contribution in [1.82, 2.24) is 19.3 Å². The summed E-state index contributed by atoms with van der Waals surface area (Å²) in [6.07, 6.45) is 6.56. The van der Waals surface area contributed by atoms with Gasteiger partial charge in [0.1, 0.15) is 17.1 Å². The van der Waals surface area contributed by atoms with Gasteiger partial charge < -0.3 is 36.1 Å². The highest BCUT2D eigenvalue weighted by atomic mass is 16.5. The molecule has 0 saturated carbocycles. The lowest BCUT2D eigenvalue weighted by Gasteiger charge is -2.16. The number of aromatic nitrogens is 3. The Balaban J connectivity index is 1.59. The minimum Gasteiger partial charge on any atom is -0.497 e. The minimum atomic E-state index is -0.685. The Kier molecular flexibility index (Phi) is 8.82. The molecule has 0 saturated heterocycles. The van der Waals surface area contributed by atoms with Crippen LogP contribution in [0.25, 0.3) is 5.65 Å². The van der Waals surface area contributed by atoms with Crippen LogP contribution in [0.3, 0.4) is 0 Å². The Morgan fingerprint density at radius 1 is 1.07 bits per heavy atom. The van der Waals surface area contributed by atoms with Crippen LogP contribution in [0.1, 0.15) is 15.9 Å². The van der Waals surface area contributed by atoms with E-state index >= 15 is 0 Å². The Labute approximate surface area is 231 Å². The molecule has 5 N–H and O–H groups in total. The second kappa shape index (κ2) is 12.6. The summed E-state index contributed by atoms with van der Waals surface area (Å²) < 4.78 is 12.4. The lowest BCUT2D eigenvalue weighted by molar-refractivity contribution is -0.111. The van der Waals surface area contributed by atoms with E-state index in [1.54, 1.807) is 55.3 Å². The van der Waals surface area contributed by atoms with E-state index in [2.05, 4.69) is 25.9 Å². The molecule has 12 nitrogen and oxygen atoms in total. The van der Waals surface area contributed by atoms with E-state index in [0.29, 0.717) is 47.6 Å². The van der Waals surface area contributed by atoms with Gasteiger partial charge in [-0.25, -0.2) is 4.98 Å². The maximum absolute atomic E-state index is 12.5.